The van der Waals surface area contributed by atoms with Gasteiger partial charge in [0.25, 0.3) is 0 Å². The number of pyridine rings is 2. The Morgan fingerprint density at radius 3 is 2.64 bits per heavy atom. The van der Waals surface area contributed by atoms with E-state index in [0.29, 0.717) is 22.6 Å². The average Bonchev–Trinajstić information content (AvgIpc) is 3.14. The molecule has 11 nitrogen and oxygen atoms in total. The minimum atomic E-state index is -1.18. The van der Waals surface area contributed by atoms with Gasteiger partial charge in [-0.2, -0.15) is 5.26 Å². The van der Waals surface area contributed by atoms with E-state index in [0.717, 1.165) is 0 Å². The Morgan fingerprint density at radius 2 is 2.00 bits per heavy atom. The zero-order chi connectivity index (χ0) is 24.2. The number of aromatic nitrogens is 5. The summed E-state index contributed by atoms with van der Waals surface area (Å²) in [6.45, 7) is 4.71. The molecule has 0 aliphatic carbocycles. The number of hydrogen-bond donors (Lipinski definition) is 2. The van der Waals surface area contributed by atoms with Crippen LogP contribution in [0, 0.1) is 16.7 Å². The number of halogens is 1. The number of anilines is 2. The highest BCUT2D eigenvalue weighted by Crippen LogP contribution is 2.27. The molecule has 3 heterocycles. The predicted octanol–water partition coefficient (Wildman–Crippen LogP) is 3.72. The highest BCUT2D eigenvalue weighted by atomic mass is 35.5. The monoisotopic (exact) mass is 468 g/mol. The summed E-state index contributed by atoms with van der Waals surface area (Å²) < 4.78 is 6.77. The van der Waals surface area contributed by atoms with Crippen LogP contribution in [0.2, 0.25) is 5.15 Å². The van der Waals surface area contributed by atoms with Gasteiger partial charge in [-0.3, -0.25) is 15.1 Å². The van der Waals surface area contributed by atoms with Crippen molar-refractivity contribution in [1.29, 1.82) is 5.26 Å². The van der Waals surface area contributed by atoms with Crippen LogP contribution in [-0.4, -0.2) is 37.0 Å². The van der Waals surface area contributed by atoms with Crippen molar-refractivity contribution in [2.75, 3.05) is 10.6 Å². The van der Waals surface area contributed by atoms with Crippen molar-refractivity contribution < 1.29 is 14.3 Å². The van der Waals surface area contributed by atoms with Gasteiger partial charge in [0.05, 0.1) is 23.6 Å². The molecule has 2 N–H and O–H groups in total. The van der Waals surface area contributed by atoms with Crippen LogP contribution in [0.5, 0.6) is 0 Å². The highest BCUT2D eigenvalue weighted by molar-refractivity contribution is 6.30. The SMILES string of the molecule is C[C@@H](OC(=O)Nc1c(-c2ccc(NC(=O)C(C)(C)C#N)cn2)nnn1C)c1cccnc1Cl. The largest absolute Gasteiger partial charge is 0.441 e. The number of carbonyl (C=O) groups is 2. The van der Waals surface area contributed by atoms with Gasteiger partial charge in [-0.25, -0.2) is 14.5 Å². The van der Waals surface area contributed by atoms with E-state index in [1.807, 2.05) is 6.07 Å². The molecule has 0 fully saturated rings. The lowest BCUT2D eigenvalue weighted by atomic mass is 9.95. The lowest BCUT2D eigenvalue weighted by molar-refractivity contribution is -0.121. The molecule has 0 bridgehead atoms. The summed E-state index contributed by atoms with van der Waals surface area (Å²) in [5.41, 5.74) is 0.498. The number of carbonyl (C=O) groups excluding carboxylic acids is 2. The van der Waals surface area contributed by atoms with Crippen LogP contribution in [0.3, 0.4) is 0 Å². The summed E-state index contributed by atoms with van der Waals surface area (Å²) >= 11 is 6.06. The summed E-state index contributed by atoms with van der Waals surface area (Å²) in [5.74, 6) is -0.189. The third-order valence-electron chi connectivity index (χ3n) is 4.67. The molecule has 2 amide bonds. The molecule has 170 valence electrons. The number of ether oxygens (including phenoxy) is 1. The Bertz CT molecular complexity index is 1220. The maximum absolute atomic E-state index is 12.5. The molecule has 0 spiro atoms. The van der Waals surface area contributed by atoms with E-state index in [2.05, 4.69) is 30.9 Å². The highest BCUT2D eigenvalue weighted by Gasteiger charge is 2.27. The first kappa shape index (κ1) is 23.6. The number of nitriles is 1. The Balaban J connectivity index is 1.73. The van der Waals surface area contributed by atoms with Gasteiger partial charge in [0.1, 0.15) is 16.7 Å². The van der Waals surface area contributed by atoms with Crippen molar-refractivity contribution in [2.45, 2.75) is 26.9 Å². The van der Waals surface area contributed by atoms with E-state index in [4.69, 9.17) is 21.6 Å². The molecule has 1 atom stereocenters. The molecule has 33 heavy (non-hydrogen) atoms. The molecular formula is C21H21ClN8O3. The number of aryl methyl sites for hydroxylation is 1. The summed E-state index contributed by atoms with van der Waals surface area (Å²) in [6, 6.07) is 8.56. The molecule has 0 radical (unpaired) electrons. The van der Waals surface area contributed by atoms with Crippen LogP contribution in [0.1, 0.15) is 32.4 Å². The molecular weight excluding hydrogens is 448 g/mol. The lowest BCUT2D eigenvalue weighted by Crippen LogP contribution is -2.29. The van der Waals surface area contributed by atoms with Gasteiger partial charge < -0.3 is 10.1 Å². The zero-order valence-corrected chi connectivity index (χ0v) is 19.1. The summed E-state index contributed by atoms with van der Waals surface area (Å²) in [4.78, 5) is 32.9. The molecule has 0 aromatic carbocycles. The van der Waals surface area contributed by atoms with E-state index in [-0.39, 0.29) is 11.0 Å². The Kier molecular flexibility index (Phi) is 6.89. The van der Waals surface area contributed by atoms with E-state index >= 15 is 0 Å². The Hall–Kier alpha value is -4.04. The molecule has 3 aromatic heterocycles. The number of hydrogen-bond acceptors (Lipinski definition) is 8. The van der Waals surface area contributed by atoms with E-state index in [1.165, 1.54) is 24.7 Å². The van der Waals surface area contributed by atoms with E-state index < -0.39 is 23.5 Å². The van der Waals surface area contributed by atoms with Gasteiger partial charge in [-0.15, -0.1) is 5.10 Å². The fraction of sp³-hybridized carbons (Fsp3) is 0.286. The van der Waals surface area contributed by atoms with Crippen LogP contribution < -0.4 is 10.6 Å². The number of amides is 2. The van der Waals surface area contributed by atoms with Gasteiger partial charge in [-0.05, 0) is 39.0 Å². The second-order valence-electron chi connectivity index (χ2n) is 7.59. The van der Waals surface area contributed by atoms with Crippen molar-refractivity contribution in [3.05, 3.63) is 47.4 Å². The smallest absolute Gasteiger partial charge is 0.413 e. The normalized spacial score (nSPS) is 11.9. The van der Waals surface area contributed by atoms with Crippen molar-refractivity contribution in [3.63, 3.8) is 0 Å². The first-order chi connectivity index (χ1) is 15.6. The third-order valence-corrected chi connectivity index (χ3v) is 4.98. The first-order valence-corrected chi connectivity index (χ1v) is 10.2. The summed E-state index contributed by atoms with van der Waals surface area (Å²) in [6.07, 6.45) is 1.58. The van der Waals surface area contributed by atoms with Crippen molar-refractivity contribution in [3.8, 4) is 17.5 Å². The predicted molar refractivity (Wildman–Crippen MR) is 120 cm³/mol. The van der Waals surface area contributed by atoms with Gasteiger partial charge in [0.2, 0.25) is 5.91 Å². The number of nitrogens with zero attached hydrogens (tertiary/aromatic N) is 6. The topological polar surface area (TPSA) is 148 Å². The number of rotatable bonds is 6. The minimum Gasteiger partial charge on any atom is -0.441 e. The van der Waals surface area contributed by atoms with Crippen molar-refractivity contribution in [1.82, 2.24) is 25.0 Å². The molecule has 0 aliphatic rings. The number of nitrogens with one attached hydrogen (secondary N) is 2. The van der Waals surface area contributed by atoms with Crippen molar-refractivity contribution in [2.24, 2.45) is 12.5 Å². The molecule has 0 unspecified atom stereocenters. The molecule has 3 aromatic rings. The second-order valence-corrected chi connectivity index (χ2v) is 7.95. The van der Waals surface area contributed by atoms with Crippen LogP contribution >= 0.6 is 11.6 Å². The van der Waals surface area contributed by atoms with E-state index in [1.54, 1.807) is 44.4 Å². The van der Waals surface area contributed by atoms with E-state index in [9.17, 15) is 9.59 Å². The fourth-order valence-corrected chi connectivity index (χ4v) is 2.94. The third kappa shape index (κ3) is 5.42. The fourth-order valence-electron chi connectivity index (χ4n) is 2.67. The Morgan fingerprint density at radius 1 is 1.24 bits per heavy atom. The van der Waals surface area contributed by atoms with Gasteiger partial charge in [0.15, 0.2) is 11.5 Å². The minimum absolute atomic E-state index is 0.246. The van der Waals surface area contributed by atoms with Gasteiger partial charge >= 0.3 is 6.09 Å². The maximum atomic E-state index is 12.5. The standard InChI is InChI=1S/C21H21ClN8O3/c1-12(14-6-5-9-24-17(14)22)33-20(32)27-18-16(28-29-30(18)4)15-8-7-13(10-25-15)26-19(31)21(2,3)11-23/h5-10,12H,1-4H3,(H,26,31)(H,27,32)/t12-/m1/s1. The second kappa shape index (κ2) is 9.62. The molecule has 0 saturated carbocycles. The quantitative estimate of drug-likeness (QED) is 0.520. The lowest BCUT2D eigenvalue weighted by Gasteiger charge is -2.15. The molecule has 3 rings (SSSR count). The zero-order valence-electron chi connectivity index (χ0n) is 18.3. The Labute approximate surface area is 194 Å². The molecule has 0 saturated heterocycles. The molecule has 0 aliphatic heterocycles. The van der Waals surface area contributed by atoms with Crippen LogP contribution in [0.25, 0.3) is 11.4 Å². The first-order valence-electron chi connectivity index (χ1n) is 9.79. The van der Waals surface area contributed by atoms with Crippen LogP contribution in [0.15, 0.2) is 36.7 Å². The maximum Gasteiger partial charge on any atom is 0.413 e. The summed E-state index contributed by atoms with van der Waals surface area (Å²) in [5, 5.41) is 22.6. The van der Waals surface area contributed by atoms with Gasteiger partial charge in [0, 0.05) is 18.8 Å². The van der Waals surface area contributed by atoms with Crippen LogP contribution in [0.4, 0.5) is 16.3 Å². The van der Waals surface area contributed by atoms with Crippen molar-refractivity contribution >= 4 is 35.1 Å². The van der Waals surface area contributed by atoms with Crippen LogP contribution in [-0.2, 0) is 16.6 Å². The average molecular weight is 469 g/mol. The molecule has 12 heteroatoms. The van der Waals surface area contributed by atoms with Gasteiger partial charge in [-0.1, -0.05) is 22.9 Å². The summed E-state index contributed by atoms with van der Waals surface area (Å²) in [7, 11) is 1.60.